The second kappa shape index (κ2) is 6.68. The third-order valence-electron chi connectivity index (χ3n) is 3.60. The van der Waals surface area contributed by atoms with Crippen molar-refractivity contribution in [1.82, 2.24) is 20.3 Å². The van der Waals surface area contributed by atoms with Crippen LogP contribution in [0.2, 0.25) is 0 Å². The van der Waals surface area contributed by atoms with Gasteiger partial charge >= 0.3 is 0 Å². The molecule has 24 heavy (non-hydrogen) atoms. The van der Waals surface area contributed by atoms with Crippen LogP contribution in [0.3, 0.4) is 0 Å². The van der Waals surface area contributed by atoms with E-state index >= 15 is 0 Å². The number of carbonyl (C=O) groups excluding carboxylic acids is 1. The van der Waals surface area contributed by atoms with Gasteiger partial charge in [-0.1, -0.05) is 32.5 Å². The minimum atomic E-state index is -0.139. The van der Waals surface area contributed by atoms with Gasteiger partial charge in [0.15, 0.2) is 10.3 Å². The van der Waals surface area contributed by atoms with Gasteiger partial charge in [0, 0.05) is 23.0 Å². The van der Waals surface area contributed by atoms with Crippen molar-refractivity contribution in [2.75, 3.05) is 11.6 Å². The van der Waals surface area contributed by atoms with Gasteiger partial charge in [-0.25, -0.2) is 15.0 Å². The third kappa shape index (κ3) is 4.05. The molecule has 8 heteroatoms. The highest BCUT2D eigenvalue weighted by atomic mass is 32.2. The van der Waals surface area contributed by atoms with E-state index in [9.17, 15) is 4.79 Å². The average molecular weight is 364 g/mol. The molecule has 0 saturated heterocycles. The average Bonchev–Trinajstić information content (AvgIpc) is 3.20. The Kier molecular flexibility index (Phi) is 4.78. The third-order valence-corrected chi connectivity index (χ3v) is 4.92. The first-order chi connectivity index (χ1) is 11.4. The molecule has 0 aromatic carbocycles. The largest absolute Gasteiger partial charge is 0.349 e. The minimum Gasteiger partial charge on any atom is -0.349 e. The molecule has 6 nitrogen and oxygen atoms in total. The maximum atomic E-state index is 12.4. The van der Waals surface area contributed by atoms with E-state index in [1.165, 1.54) is 23.1 Å². The van der Waals surface area contributed by atoms with Gasteiger partial charge in [0.05, 0.1) is 5.69 Å². The van der Waals surface area contributed by atoms with Crippen LogP contribution >= 0.6 is 23.1 Å². The van der Waals surface area contributed by atoms with Crippen molar-refractivity contribution < 1.29 is 4.79 Å². The fraction of sp³-hybridized carbons (Fsp3) is 0.500. The Balaban J connectivity index is 1.87. The molecule has 1 aliphatic rings. The van der Waals surface area contributed by atoms with Crippen molar-refractivity contribution in [3.8, 4) is 0 Å². The summed E-state index contributed by atoms with van der Waals surface area (Å²) in [5.41, 5.74) is 1.45. The van der Waals surface area contributed by atoms with Crippen LogP contribution in [0.5, 0.6) is 0 Å². The van der Waals surface area contributed by atoms with Crippen LogP contribution in [0.4, 0.5) is 10.9 Å². The first-order valence-corrected chi connectivity index (χ1v) is 9.92. The molecule has 0 spiro atoms. The van der Waals surface area contributed by atoms with Crippen LogP contribution < -0.4 is 10.6 Å². The minimum absolute atomic E-state index is 0.0152. The number of thiazole rings is 1. The summed E-state index contributed by atoms with van der Waals surface area (Å²) in [6.07, 6.45) is 5.57. The molecule has 1 fully saturated rings. The van der Waals surface area contributed by atoms with Crippen molar-refractivity contribution in [1.29, 1.82) is 0 Å². The summed E-state index contributed by atoms with van der Waals surface area (Å²) in [5, 5.41) is 9.55. The number of nitrogens with zero attached hydrogens (tertiary/aromatic N) is 3. The summed E-state index contributed by atoms with van der Waals surface area (Å²) in [4.78, 5) is 25.7. The molecule has 0 radical (unpaired) electrons. The Morgan fingerprint density at radius 1 is 1.33 bits per heavy atom. The van der Waals surface area contributed by atoms with Crippen molar-refractivity contribution in [3.63, 3.8) is 0 Å². The summed E-state index contributed by atoms with van der Waals surface area (Å²) in [6, 6.07) is 0.290. The highest BCUT2D eigenvalue weighted by molar-refractivity contribution is 7.98. The number of amides is 1. The summed E-state index contributed by atoms with van der Waals surface area (Å²) in [5.74, 6) is 0.363. The summed E-state index contributed by atoms with van der Waals surface area (Å²) in [7, 11) is 0. The van der Waals surface area contributed by atoms with E-state index in [2.05, 4.69) is 46.4 Å². The van der Waals surface area contributed by atoms with Crippen molar-refractivity contribution in [2.24, 2.45) is 0 Å². The van der Waals surface area contributed by atoms with Gasteiger partial charge in [-0.2, -0.15) is 0 Å². The molecule has 0 unspecified atom stereocenters. The number of carbonyl (C=O) groups is 1. The number of nitrogens with one attached hydrogen (secondary N) is 2. The topological polar surface area (TPSA) is 79.8 Å². The number of rotatable bonds is 5. The molecular weight excluding hydrogens is 342 g/mol. The zero-order chi connectivity index (χ0) is 17.3. The summed E-state index contributed by atoms with van der Waals surface area (Å²) >= 11 is 2.95. The number of anilines is 2. The fourth-order valence-electron chi connectivity index (χ4n) is 1.99. The molecule has 128 valence electrons. The maximum absolute atomic E-state index is 12.4. The predicted molar refractivity (Wildman–Crippen MR) is 98.4 cm³/mol. The molecule has 1 saturated carbocycles. The first kappa shape index (κ1) is 17.2. The lowest BCUT2D eigenvalue weighted by molar-refractivity contribution is 0.0951. The molecule has 0 aliphatic heterocycles. The Morgan fingerprint density at radius 2 is 2.08 bits per heavy atom. The van der Waals surface area contributed by atoms with E-state index in [4.69, 9.17) is 0 Å². The van der Waals surface area contributed by atoms with Crippen LogP contribution in [0.1, 0.15) is 49.7 Å². The van der Waals surface area contributed by atoms with Crippen molar-refractivity contribution in [3.05, 3.63) is 22.8 Å². The second-order valence-corrected chi connectivity index (χ2v) is 8.41. The fourth-order valence-corrected chi connectivity index (χ4v) is 3.27. The van der Waals surface area contributed by atoms with Crippen LogP contribution in [0.15, 0.2) is 16.7 Å². The number of thioether (sulfide) groups is 1. The van der Waals surface area contributed by atoms with Crippen LogP contribution in [0.25, 0.3) is 0 Å². The molecule has 0 atom stereocenters. The molecule has 2 heterocycles. The normalized spacial score (nSPS) is 14.5. The Morgan fingerprint density at radius 3 is 2.67 bits per heavy atom. The first-order valence-electron chi connectivity index (χ1n) is 7.82. The molecule has 1 amide bonds. The number of aromatic nitrogens is 3. The van der Waals surface area contributed by atoms with E-state index < -0.39 is 0 Å². The maximum Gasteiger partial charge on any atom is 0.256 e. The Bertz CT molecular complexity index is 749. The smallest absolute Gasteiger partial charge is 0.256 e. The van der Waals surface area contributed by atoms with Gasteiger partial charge in [-0.3, -0.25) is 4.79 Å². The molecule has 2 aromatic rings. The molecule has 2 N–H and O–H groups in total. The molecule has 0 bridgehead atoms. The zero-order valence-electron chi connectivity index (χ0n) is 14.2. The van der Waals surface area contributed by atoms with E-state index in [1.54, 1.807) is 6.20 Å². The lowest BCUT2D eigenvalue weighted by Crippen LogP contribution is -2.26. The highest BCUT2D eigenvalue weighted by Gasteiger charge is 2.26. The lowest BCUT2D eigenvalue weighted by atomic mass is 9.93. The summed E-state index contributed by atoms with van der Waals surface area (Å²) < 4.78 is 0. The SMILES string of the molecule is CSc1ncc(C(=O)NC2CC2)c(Nc2nc(C(C)(C)C)cs2)n1. The van der Waals surface area contributed by atoms with E-state index in [0.29, 0.717) is 16.5 Å². The predicted octanol–water partition coefficient (Wildman–Crippen LogP) is 3.59. The van der Waals surface area contributed by atoms with E-state index in [0.717, 1.165) is 23.7 Å². The highest BCUT2D eigenvalue weighted by Crippen LogP contribution is 2.29. The zero-order valence-corrected chi connectivity index (χ0v) is 15.8. The summed E-state index contributed by atoms with van der Waals surface area (Å²) in [6.45, 7) is 6.37. The van der Waals surface area contributed by atoms with Gasteiger partial charge in [0.25, 0.3) is 5.91 Å². The van der Waals surface area contributed by atoms with Gasteiger partial charge in [0.2, 0.25) is 0 Å². The Hall–Kier alpha value is -1.67. The van der Waals surface area contributed by atoms with Crippen molar-refractivity contribution in [2.45, 2.75) is 50.2 Å². The quantitative estimate of drug-likeness (QED) is 0.624. The standard InChI is InChI=1S/C16H21N5OS2/c1-16(2,3)11-8-24-15(19-11)21-12-10(7-17-14(20-12)23-4)13(22)18-9-5-6-9/h7-9H,5-6H2,1-4H3,(H,18,22)(H,17,19,20,21). The van der Waals surface area contributed by atoms with Gasteiger partial charge in [0.1, 0.15) is 11.4 Å². The number of hydrogen-bond acceptors (Lipinski definition) is 7. The second-order valence-electron chi connectivity index (χ2n) is 6.78. The van der Waals surface area contributed by atoms with E-state index in [1.807, 2.05) is 11.6 Å². The van der Waals surface area contributed by atoms with Gasteiger partial charge < -0.3 is 10.6 Å². The van der Waals surface area contributed by atoms with E-state index in [-0.39, 0.29) is 17.4 Å². The van der Waals surface area contributed by atoms with Crippen molar-refractivity contribution >= 4 is 40.0 Å². The Labute approximate surface area is 149 Å². The molecule has 2 aromatic heterocycles. The van der Waals surface area contributed by atoms with Crippen LogP contribution in [0, 0.1) is 0 Å². The lowest BCUT2D eigenvalue weighted by Gasteiger charge is -2.14. The molecule has 3 rings (SSSR count). The van der Waals surface area contributed by atoms with Crippen LogP contribution in [-0.4, -0.2) is 33.2 Å². The number of hydrogen-bond donors (Lipinski definition) is 2. The monoisotopic (exact) mass is 363 g/mol. The molecule has 1 aliphatic carbocycles. The molecular formula is C16H21N5OS2. The van der Waals surface area contributed by atoms with Gasteiger partial charge in [-0.15, -0.1) is 11.3 Å². The van der Waals surface area contributed by atoms with Crippen LogP contribution in [-0.2, 0) is 5.41 Å². The van der Waals surface area contributed by atoms with Gasteiger partial charge in [-0.05, 0) is 19.1 Å².